The van der Waals surface area contributed by atoms with Gasteiger partial charge in [-0.3, -0.25) is 9.59 Å². The minimum Gasteiger partial charge on any atom is -0.459 e. The molecule has 11 heteroatoms. The molecule has 43 heavy (non-hydrogen) atoms. The molecule has 0 saturated carbocycles. The number of aliphatic hydroxyl groups is 3. The highest BCUT2D eigenvalue weighted by Gasteiger charge is 2.47. The van der Waals surface area contributed by atoms with Crippen LogP contribution in [-0.4, -0.2) is 125 Å². The van der Waals surface area contributed by atoms with Crippen molar-refractivity contribution in [3.05, 3.63) is 11.6 Å². The third-order valence-corrected chi connectivity index (χ3v) is 9.34. The van der Waals surface area contributed by atoms with Gasteiger partial charge in [-0.05, 0) is 80.1 Å². The van der Waals surface area contributed by atoms with E-state index < -0.39 is 72.2 Å². The summed E-state index contributed by atoms with van der Waals surface area (Å²) in [4.78, 5) is 29.4. The van der Waals surface area contributed by atoms with Gasteiger partial charge in [-0.15, -0.1) is 0 Å². The number of aliphatic hydroxyl groups excluding tert-OH is 2. The summed E-state index contributed by atoms with van der Waals surface area (Å²) in [5.41, 5.74) is -0.904. The van der Waals surface area contributed by atoms with E-state index in [0.717, 1.165) is 5.57 Å². The van der Waals surface area contributed by atoms with Crippen molar-refractivity contribution in [1.29, 1.82) is 0 Å². The van der Waals surface area contributed by atoms with Crippen LogP contribution >= 0.6 is 0 Å². The van der Waals surface area contributed by atoms with Gasteiger partial charge in [0.1, 0.15) is 17.8 Å². The van der Waals surface area contributed by atoms with Gasteiger partial charge in [0.2, 0.25) is 0 Å². The average Bonchev–Trinajstić information content (AvgIpc) is 2.92. The van der Waals surface area contributed by atoms with Crippen molar-refractivity contribution < 1.29 is 43.9 Å². The van der Waals surface area contributed by atoms with E-state index in [4.69, 9.17) is 18.9 Å². The van der Waals surface area contributed by atoms with Crippen LogP contribution in [0.15, 0.2) is 11.6 Å². The van der Waals surface area contributed by atoms with Gasteiger partial charge in [0.05, 0.1) is 30.3 Å². The van der Waals surface area contributed by atoms with Crippen molar-refractivity contribution in [3.8, 4) is 0 Å². The van der Waals surface area contributed by atoms with Gasteiger partial charge in [-0.25, -0.2) is 0 Å². The van der Waals surface area contributed by atoms with Crippen LogP contribution in [0.3, 0.4) is 0 Å². The minimum atomic E-state index is -1.72. The molecule has 3 N–H and O–H groups in total. The van der Waals surface area contributed by atoms with Crippen molar-refractivity contribution in [3.63, 3.8) is 0 Å². The molecule has 0 aromatic rings. The van der Waals surface area contributed by atoms with Crippen molar-refractivity contribution in [2.75, 3.05) is 27.7 Å². The standard InChI is InChI=1S/C32H58N2O9/c1-13-25-32(9,39)29(37)22(7)34(12)16-17(2)14-18(3)27(20(5)26(36)21(6)30(38)42-25)43-31-28(41-23(8)35)24(33(10)11)15-19(4)40-31/h14,17,19-22,24-29,31,36-37,39H,13,15-16H2,1-12H3/t17-,19-,20+,21-,22-,24?,25-,26+,27+,28-,29-,31+,32-/m1/s1. The Kier molecular flexibility index (Phi) is 13.6. The van der Waals surface area contributed by atoms with E-state index in [2.05, 4.69) is 6.08 Å². The monoisotopic (exact) mass is 614 g/mol. The molecule has 2 aliphatic rings. The predicted molar refractivity (Wildman–Crippen MR) is 163 cm³/mol. The quantitative estimate of drug-likeness (QED) is 0.311. The fourth-order valence-electron chi connectivity index (χ4n) is 6.52. The molecule has 1 fully saturated rings. The van der Waals surface area contributed by atoms with Gasteiger partial charge in [0, 0.05) is 25.4 Å². The molecule has 2 rings (SSSR count). The van der Waals surface area contributed by atoms with Gasteiger partial charge in [-0.1, -0.05) is 26.8 Å². The molecule has 11 nitrogen and oxygen atoms in total. The van der Waals surface area contributed by atoms with Crippen LogP contribution in [0.5, 0.6) is 0 Å². The van der Waals surface area contributed by atoms with Gasteiger partial charge >= 0.3 is 11.9 Å². The molecule has 0 bridgehead atoms. The number of likely N-dealkylation sites (N-methyl/N-ethyl adjacent to an activating group) is 2. The SMILES string of the molecule is CC[C@H]1OC(=O)[C@H](C)[C@@H](O)[C@H](C)[C@@H](O[C@@H]2O[C@H](C)CC(N(C)C)[C@H]2OC(C)=O)C(C)=C[C@@H](C)CN(C)[C@H](C)[C@@H](O)[C@]1(C)O. The molecule has 2 heterocycles. The van der Waals surface area contributed by atoms with Crippen LogP contribution in [0.2, 0.25) is 0 Å². The van der Waals surface area contributed by atoms with E-state index in [9.17, 15) is 24.9 Å². The minimum absolute atomic E-state index is 0.00700. The van der Waals surface area contributed by atoms with E-state index in [1.165, 1.54) is 13.8 Å². The maximum atomic E-state index is 13.4. The van der Waals surface area contributed by atoms with Crippen molar-refractivity contribution in [2.45, 2.75) is 136 Å². The molecule has 250 valence electrons. The Hall–Kier alpha value is -1.60. The van der Waals surface area contributed by atoms with Crippen LogP contribution in [0.25, 0.3) is 0 Å². The van der Waals surface area contributed by atoms with Crippen molar-refractivity contribution in [1.82, 2.24) is 9.80 Å². The number of esters is 2. The summed E-state index contributed by atoms with van der Waals surface area (Å²) in [6, 6.07) is -0.611. The summed E-state index contributed by atoms with van der Waals surface area (Å²) in [5, 5.41) is 34.1. The van der Waals surface area contributed by atoms with Gasteiger partial charge < -0.3 is 44.1 Å². The first-order chi connectivity index (χ1) is 19.8. The smallest absolute Gasteiger partial charge is 0.311 e. The number of nitrogens with zero attached hydrogens (tertiary/aromatic N) is 2. The zero-order valence-electron chi connectivity index (χ0n) is 28.3. The number of ether oxygens (including phenoxy) is 4. The Labute approximate surface area is 258 Å². The third-order valence-electron chi connectivity index (χ3n) is 9.34. The highest BCUT2D eigenvalue weighted by atomic mass is 16.7. The Morgan fingerprint density at radius 2 is 1.79 bits per heavy atom. The number of hydrogen-bond donors (Lipinski definition) is 3. The Morgan fingerprint density at radius 1 is 1.19 bits per heavy atom. The van der Waals surface area contributed by atoms with Crippen LogP contribution in [0, 0.1) is 17.8 Å². The Bertz CT molecular complexity index is 957. The first-order valence-corrected chi connectivity index (χ1v) is 15.6. The molecule has 0 spiro atoms. The molecule has 0 radical (unpaired) electrons. The van der Waals surface area contributed by atoms with Crippen molar-refractivity contribution >= 4 is 11.9 Å². The summed E-state index contributed by atoms with van der Waals surface area (Å²) < 4.78 is 24.4. The maximum absolute atomic E-state index is 13.4. The van der Waals surface area contributed by atoms with Crippen molar-refractivity contribution in [2.24, 2.45) is 17.8 Å². The second-order valence-electron chi connectivity index (χ2n) is 13.4. The highest BCUT2D eigenvalue weighted by molar-refractivity contribution is 5.73. The van der Waals surface area contributed by atoms with E-state index in [1.54, 1.807) is 20.8 Å². The first-order valence-electron chi connectivity index (χ1n) is 15.6. The molecule has 1 unspecified atom stereocenters. The summed E-state index contributed by atoms with van der Waals surface area (Å²) >= 11 is 0. The van der Waals surface area contributed by atoms with Gasteiger partial charge in [0.15, 0.2) is 12.4 Å². The zero-order valence-corrected chi connectivity index (χ0v) is 28.3. The maximum Gasteiger partial charge on any atom is 0.311 e. The average molecular weight is 615 g/mol. The number of hydrogen-bond acceptors (Lipinski definition) is 11. The van der Waals surface area contributed by atoms with Gasteiger partial charge in [-0.2, -0.15) is 0 Å². The molecular formula is C32H58N2O9. The molecule has 0 amide bonds. The molecule has 1 saturated heterocycles. The van der Waals surface area contributed by atoms with Crippen LogP contribution < -0.4 is 0 Å². The molecule has 0 aliphatic carbocycles. The fourth-order valence-corrected chi connectivity index (χ4v) is 6.52. The second kappa shape index (κ2) is 15.6. The summed E-state index contributed by atoms with van der Waals surface area (Å²) in [5.74, 6) is -2.71. The lowest BCUT2D eigenvalue weighted by Crippen LogP contribution is -2.59. The topological polar surface area (TPSA) is 138 Å². The Balaban J connectivity index is 2.57. The first kappa shape index (κ1) is 37.6. The summed E-state index contributed by atoms with van der Waals surface area (Å²) in [6.07, 6.45) is -2.93. The summed E-state index contributed by atoms with van der Waals surface area (Å²) in [6.45, 7) is 16.3. The lowest BCUT2D eigenvalue weighted by molar-refractivity contribution is -0.275. The molecule has 2 aliphatic heterocycles. The van der Waals surface area contributed by atoms with E-state index in [-0.39, 0.29) is 24.5 Å². The van der Waals surface area contributed by atoms with Crippen LogP contribution in [0.1, 0.15) is 75.2 Å². The number of rotatable bonds is 5. The van der Waals surface area contributed by atoms with E-state index in [1.807, 2.05) is 58.6 Å². The number of carbonyl (C=O) groups excluding carboxylic acids is 2. The largest absolute Gasteiger partial charge is 0.459 e. The molecule has 0 aromatic carbocycles. The van der Waals surface area contributed by atoms with Gasteiger partial charge in [0.25, 0.3) is 0 Å². The normalized spacial score (nSPS) is 42.9. The lowest BCUT2D eigenvalue weighted by Gasteiger charge is -2.44. The zero-order chi connectivity index (χ0) is 33.0. The lowest BCUT2D eigenvalue weighted by atomic mass is 9.85. The number of cyclic esters (lactones) is 1. The molecule has 13 atom stereocenters. The molecular weight excluding hydrogens is 556 g/mol. The predicted octanol–water partition coefficient (Wildman–Crippen LogP) is 2.35. The van der Waals surface area contributed by atoms with Crippen LogP contribution in [-0.2, 0) is 28.5 Å². The van der Waals surface area contributed by atoms with Crippen LogP contribution in [0.4, 0.5) is 0 Å². The molecule has 0 aromatic heterocycles. The summed E-state index contributed by atoms with van der Waals surface area (Å²) in [7, 11) is 5.71. The Morgan fingerprint density at radius 3 is 2.33 bits per heavy atom. The third kappa shape index (κ3) is 9.22. The van der Waals surface area contributed by atoms with E-state index >= 15 is 0 Å². The number of carbonyl (C=O) groups is 2. The highest BCUT2D eigenvalue weighted by Crippen LogP contribution is 2.34. The second-order valence-corrected chi connectivity index (χ2v) is 13.4. The van der Waals surface area contributed by atoms with E-state index in [0.29, 0.717) is 13.0 Å². The fraction of sp³-hybridized carbons (Fsp3) is 0.875.